The van der Waals surface area contributed by atoms with Gasteiger partial charge in [-0.1, -0.05) is 18.2 Å². The van der Waals surface area contributed by atoms with Gasteiger partial charge in [-0.25, -0.2) is 0 Å². The summed E-state index contributed by atoms with van der Waals surface area (Å²) < 4.78 is 36.8. The average Bonchev–Trinajstić information content (AvgIpc) is 3.09. The van der Waals surface area contributed by atoms with Crippen LogP contribution in [0.15, 0.2) is 42.6 Å². The van der Waals surface area contributed by atoms with Crippen LogP contribution in [0.1, 0.15) is 26.3 Å². The number of anilines is 1. The number of amides is 2. The Balaban J connectivity index is 1.81. The molecule has 0 spiro atoms. The number of aromatic amines is 1. The minimum Gasteiger partial charge on any atom is -0.343 e. The van der Waals surface area contributed by atoms with E-state index in [0.29, 0.717) is 22.3 Å². The van der Waals surface area contributed by atoms with Crippen molar-refractivity contribution in [2.24, 2.45) is 0 Å². The largest absolute Gasteiger partial charge is 0.405 e. The number of carbonyl (C=O) groups is 2. The van der Waals surface area contributed by atoms with Gasteiger partial charge in [-0.05, 0) is 30.7 Å². The molecule has 2 aromatic carbocycles. The second kappa shape index (κ2) is 7.10. The third-order valence-electron chi connectivity index (χ3n) is 3.92. The number of aromatic nitrogens is 2. The number of rotatable bonds is 4. The molecule has 3 N–H and O–H groups in total. The minimum absolute atomic E-state index is 0.0138. The standard InChI is InChI=1S/C18H15F3N4O2/c1-10-5-6-11(16(26)22-9-18(19,20)21)7-14(10)24-17(27)13-4-2-3-12-8-23-25-15(12)13/h2-8H,9H2,1H3,(H,22,26)(H,23,25)(H,24,27). The van der Waals surface area contributed by atoms with Gasteiger partial charge in [0.25, 0.3) is 11.8 Å². The fourth-order valence-corrected chi connectivity index (χ4v) is 2.53. The van der Waals surface area contributed by atoms with E-state index < -0.39 is 24.5 Å². The van der Waals surface area contributed by atoms with E-state index in [4.69, 9.17) is 0 Å². The molecule has 3 aromatic rings. The molecule has 9 heteroatoms. The van der Waals surface area contributed by atoms with E-state index in [-0.39, 0.29) is 5.56 Å². The lowest BCUT2D eigenvalue weighted by Gasteiger charge is -2.12. The highest BCUT2D eigenvalue weighted by Gasteiger charge is 2.28. The Bertz CT molecular complexity index is 1010. The molecule has 0 atom stereocenters. The molecule has 1 heterocycles. The molecule has 0 fully saturated rings. The summed E-state index contributed by atoms with van der Waals surface area (Å²) in [6, 6.07) is 9.41. The molecule has 27 heavy (non-hydrogen) atoms. The minimum atomic E-state index is -4.50. The van der Waals surface area contributed by atoms with Crippen LogP contribution in [-0.2, 0) is 0 Å². The van der Waals surface area contributed by atoms with Crippen LogP contribution in [0.3, 0.4) is 0 Å². The number of carbonyl (C=O) groups excluding carboxylic acids is 2. The maximum atomic E-state index is 12.6. The SMILES string of the molecule is Cc1ccc(C(=O)NCC(F)(F)F)cc1NC(=O)c1cccc2cn[nH]c12. The molecule has 3 rings (SSSR count). The predicted molar refractivity (Wildman–Crippen MR) is 93.6 cm³/mol. The van der Waals surface area contributed by atoms with Crippen LogP contribution in [0, 0.1) is 6.92 Å². The number of aryl methyl sites for hydroxylation is 1. The van der Waals surface area contributed by atoms with Crippen molar-refractivity contribution in [2.45, 2.75) is 13.1 Å². The van der Waals surface area contributed by atoms with E-state index in [2.05, 4.69) is 15.5 Å². The van der Waals surface area contributed by atoms with Crippen molar-refractivity contribution in [1.29, 1.82) is 0 Å². The highest BCUT2D eigenvalue weighted by Crippen LogP contribution is 2.21. The molecule has 6 nitrogen and oxygen atoms in total. The summed E-state index contributed by atoms with van der Waals surface area (Å²) in [4.78, 5) is 24.5. The molecular formula is C18H15F3N4O2. The second-order valence-corrected chi connectivity index (χ2v) is 5.92. The molecule has 0 aliphatic carbocycles. The number of fused-ring (bicyclic) bond motifs is 1. The summed E-state index contributed by atoms with van der Waals surface area (Å²) in [6.45, 7) is 0.285. The van der Waals surface area contributed by atoms with Gasteiger partial charge in [-0.3, -0.25) is 14.7 Å². The van der Waals surface area contributed by atoms with Crippen LogP contribution >= 0.6 is 0 Å². The van der Waals surface area contributed by atoms with Crippen molar-refractivity contribution < 1.29 is 22.8 Å². The first kappa shape index (κ1) is 18.4. The van der Waals surface area contributed by atoms with Crippen LogP contribution in [0.25, 0.3) is 10.9 Å². The molecule has 0 unspecified atom stereocenters. The molecule has 0 radical (unpaired) electrons. The Morgan fingerprint density at radius 3 is 2.67 bits per heavy atom. The van der Waals surface area contributed by atoms with Gasteiger partial charge in [0.05, 0.1) is 17.3 Å². The van der Waals surface area contributed by atoms with E-state index in [1.165, 1.54) is 12.1 Å². The van der Waals surface area contributed by atoms with Crippen molar-refractivity contribution >= 4 is 28.4 Å². The Morgan fingerprint density at radius 2 is 1.93 bits per heavy atom. The average molecular weight is 376 g/mol. The van der Waals surface area contributed by atoms with Gasteiger partial charge in [-0.2, -0.15) is 18.3 Å². The van der Waals surface area contributed by atoms with Gasteiger partial charge < -0.3 is 10.6 Å². The lowest BCUT2D eigenvalue weighted by Crippen LogP contribution is -2.33. The van der Waals surface area contributed by atoms with Gasteiger partial charge in [0.1, 0.15) is 6.54 Å². The van der Waals surface area contributed by atoms with Crippen LogP contribution in [0.4, 0.5) is 18.9 Å². The summed E-state index contributed by atoms with van der Waals surface area (Å²) in [5.41, 5.74) is 1.92. The number of para-hydroxylation sites is 1. The monoisotopic (exact) mass is 376 g/mol. The Morgan fingerprint density at radius 1 is 1.15 bits per heavy atom. The first-order valence-corrected chi connectivity index (χ1v) is 7.93. The first-order chi connectivity index (χ1) is 12.7. The number of nitrogens with one attached hydrogen (secondary N) is 3. The zero-order chi connectivity index (χ0) is 19.6. The van der Waals surface area contributed by atoms with Gasteiger partial charge in [0.15, 0.2) is 0 Å². The molecule has 0 saturated carbocycles. The predicted octanol–water partition coefficient (Wildman–Crippen LogP) is 3.42. The smallest absolute Gasteiger partial charge is 0.343 e. The quantitative estimate of drug-likeness (QED) is 0.652. The number of benzene rings is 2. The molecule has 1 aromatic heterocycles. The van der Waals surface area contributed by atoms with Crippen LogP contribution in [0.2, 0.25) is 0 Å². The summed E-state index contributed by atoms with van der Waals surface area (Å²) in [6.07, 6.45) is -2.91. The van der Waals surface area contributed by atoms with Crippen molar-refractivity contribution in [2.75, 3.05) is 11.9 Å². The summed E-state index contributed by atoms with van der Waals surface area (Å²) in [5.74, 6) is -1.31. The summed E-state index contributed by atoms with van der Waals surface area (Å²) in [5, 5.41) is 11.9. The Kier molecular flexibility index (Phi) is 4.85. The highest BCUT2D eigenvalue weighted by molar-refractivity contribution is 6.12. The Labute approximate surface area is 151 Å². The maximum absolute atomic E-state index is 12.6. The lowest BCUT2D eigenvalue weighted by atomic mass is 10.1. The molecule has 140 valence electrons. The summed E-state index contributed by atoms with van der Waals surface area (Å²) >= 11 is 0. The number of halogens is 3. The van der Waals surface area contributed by atoms with Gasteiger partial charge in [-0.15, -0.1) is 0 Å². The van der Waals surface area contributed by atoms with E-state index in [9.17, 15) is 22.8 Å². The fourth-order valence-electron chi connectivity index (χ4n) is 2.53. The van der Waals surface area contributed by atoms with Gasteiger partial charge in [0, 0.05) is 16.6 Å². The van der Waals surface area contributed by atoms with Crippen molar-refractivity contribution in [3.63, 3.8) is 0 Å². The third-order valence-corrected chi connectivity index (χ3v) is 3.92. The second-order valence-electron chi connectivity index (χ2n) is 5.92. The van der Waals surface area contributed by atoms with Crippen molar-refractivity contribution in [3.05, 3.63) is 59.3 Å². The number of alkyl halides is 3. The molecule has 0 aliphatic heterocycles. The van der Waals surface area contributed by atoms with Crippen molar-refractivity contribution in [1.82, 2.24) is 15.5 Å². The van der Waals surface area contributed by atoms with E-state index in [0.717, 1.165) is 5.39 Å². The topological polar surface area (TPSA) is 86.9 Å². The van der Waals surface area contributed by atoms with E-state index >= 15 is 0 Å². The third kappa shape index (κ3) is 4.25. The van der Waals surface area contributed by atoms with Crippen LogP contribution in [-0.4, -0.2) is 34.7 Å². The number of H-pyrrole nitrogens is 1. The fraction of sp³-hybridized carbons (Fsp3) is 0.167. The number of nitrogens with zero attached hydrogens (tertiary/aromatic N) is 1. The molecule has 0 aliphatic rings. The highest BCUT2D eigenvalue weighted by atomic mass is 19.4. The normalized spacial score (nSPS) is 11.4. The molecule has 0 bridgehead atoms. The molecule has 0 saturated heterocycles. The van der Waals surface area contributed by atoms with E-state index in [1.54, 1.807) is 42.7 Å². The zero-order valence-electron chi connectivity index (χ0n) is 14.1. The van der Waals surface area contributed by atoms with Gasteiger partial charge >= 0.3 is 6.18 Å². The first-order valence-electron chi connectivity index (χ1n) is 7.93. The molecular weight excluding hydrogens is 361 g/mol. The van der Waals surface area contributed by atoms with Crippen LogP contribution in [0.5, 0.6) is 0 Å². The molecule has 2 amide bonds. The van der Waals surface area contributed by atoms with Gasteiger partial charge in [0.2, 0.25) is 0 Å². The van der Waals surface area contributed by atoms with E-state index in [1.807, 2.05) is 0 Å². The zero-order valence-corrected chi connectivity index (χ0v) is 14.1. The van der Waals surface area contributed by atoms with Crippen LogP contribution < -0.4 is 10.6 Å². The lowest BCUT2D eigenvalue weighted by molar-refractivity contribution is -0.123. The Hall–Kier alpha value is -3.36. The number of hydrogen-bond acceptors (Lipinski definition) is 3. The summed E-state index contributed by atoms with van der Waals surface area (Å²) in [7, 11) is 0. The van der Waals surface area contributed by atoms with Crippen molar-refractivity contribution in [3.8, 4) is 0 Å². The maximum Gasteiger partial charge on any atom is 0.405 e. The number of hydrogen-bond donors (Lipinski definition) is 3.